The maximum Gasteiger partial charge on any atom is 0.293 e. The number of methoxy groups -OCH3 is 1. The smallest absolute Gasteiger partial charge is 0.293 e. The molecule has 0 spiro atoms. The molecule has 5 rings (SSSR count). The van der Waals surface area contributed by atoms with Gasteiger partial charge < -0.3 is 9.64 Å². The summed E-state index contributed by atoms with van der Waals surface area (Å²) in [7, 11) is 1.60. The van der Waals surface area contributed by atoms with E-state index in [-0.39, 0.29) is 17.2 Å². The van der Waals surface area contributed by atoms with E-state index in [1.807, 2.05) is 34.5 Å². The monoisotopic (exact) mass is 464 g/mol. The molecule has 11 heteroatoms. The number of carbonyl (C=O) groups excluding carboxylic acids is 1. The zero-order valence-corrected chi connectivity index (χ0v) is 18.5. The van der Waals surface area contributed by atoms with Crippen LogP contribution < -0.4 is 15.0 Å². The standard InChI is InChI=1S/C22H20N6O4S/c1-32-16-6-4-5-14(11-16)19-13-33-22-24-21(25-27(19)22)23-20(29)15-7-8-17(18(12-15)28(30)31)26-9-2-3-10-26/h4-8,11-13H,2-3,9-10H2,1H3,(H,23,25,29). The summed E-state index contributed by atoms with van der Waals surface area (Å²) in [6, 6.07) is 12.1. The largest absolute Gasteiger partial charge is 0.497 e. The van der Waals surface area contributed by atoms with Crippen LogP contribution in [0, 0.1) is 10.1 Å². The number of fused-ring (bicyclic) bond motifs is 1. The van der Waals surface area contributed by atoms with Crippen molar-refractivity contribution in [3.63, 3.8) is 0 Å². The lowest BCUT2D eigenvalue weighted by Crippen LogP contribution is -2.20. The lowest BCUT2D eigenvalue weighted by atomic mass is 10.1. The first-order chi connectivity index (χ1) is 16.0. The molecular weight excluding hydrogens is 444 g/mol. The van der Waals surface area contributed by atoms with Gasteiger partial charge in [0, 0.05) is 35.7 Å². The molecule has 1 amide bonds. The Morgan fingerprint density at radius 1 is 1.21 bits per heavy atom. The highest BCUT2D eigenvalue weighted by atomic mass is 32.1. The number of hydrogen-bond acceptors (Lipinski definition) is 8. The summed E-state index contributed by atoms with van der Waals surface area (Å²) in [5.74, 6) is 0.342. The van der Waals surface area contributed by atoms with Gasteiger partial charge in [0.05, 0.1) is 17.7 Å². The zero-order valence-electron chi connectivity index (χ0n) is 17.7. The molecule has 1 aliphatic heterocycles. The second kappa shape index (κ2) is 8.51. The van der Waals surface area contributed by atoms with Crippen molar-refractivity contribution in [2.45, 2.75) is 12.8 Å². The van der Waals surface area contributed by atoms with E-state index in [1.165, 1.54) is 17.4 Å². The fourth-order valence-corrected chi connectivity index (χ4v) is 4.76. The number of nitro groups is 1. The molecule has 0 atom stereocenters. The van der Waals surface area contributed by atoms with Crippen molar-refractivity contribution >= 4 is 39.5 Å². The van der Waals surface area contributed by atoms with E-state index in [0.29, 0.717) is 10.6 Å². The van der Waals surface area contributed by atoms with Gasteiger partial charge in [-0.05, 0) is 37.1 Å². The minimum atomic E-state index is -0.507. The van der Waals surface area contributed by atoms with Gasteiger partial charge in [0.1, 0.15) is 11.4 Å². The number of aromatic nitrogens is 3. The molecule has 2 aromatic carbocycles. The van der Waals surface area contributed by atoms with Gasteiger partial charge >= 0.3 is 0 Å². The molecule has 2 aromatic heterocycles. The van der Waals surface area contributed by atoms with Gasteiger partial charge in [-0.2, -0.15) is 4.98 Å². The molecule has 0 bridgehead atoms. The van der Waals surface area contributed by atoms with E-state index in [4.69, 9.17) is 4.74 Å². The average molecular weight is 465 g/mol. The van der Waals surface area contributed by atoms with E-state index in [9.17, 15) is 14.9 Å². The number of benzene rings is 2. The summed E-state index contributed by atoms with van der Waals surface area (Å²) in [5.41, 5.74) is 2.35. The van der Waals surface area contributed by atoms with Crippen LogP contribution in [0.2, 0.25) is 0 Å². The van der Waals surface area contributed by atoms with Crippen molar-refractivity contribution in [1.82, 2.24) is 14.6 Å². The number of nitrogens with one attached hydrogen (secondary N) is 1. The predicted octanol–water partition coefficient (Wildman–Crippen LogP) is 4.23. The Morgan fingerprint density at radius 3 is 2.79 bits per heavy atom. The van der Waals surface area contributed by atoms with Crippen LogP contribution in [0.25, 0.3) is 16.2 Å². The Kier molecular flexibility index (Phi) is 5.38. The first-order valence-corrected chi connectivity index (χ1v) is 11.2. The van der Waals surface area contributed by atoms with Gasteiger partial charge in [-0.1, -0.05) is 12.1 Å². The quantitative estimate of drug-likeness (QED) is 0.335. The van der Waals surface area contributed by atoms with E-state index in [1.54, 1.807) is 23.8 Å². The highest BCUT2D eigenvalue weighted by molar-refractivity contribution is 7.15. The first-order valence-electron chi connectivity index (χ1n) is 10.4. The third kappa shape index (κ3) is 3.98. The van der Waals surface area contributed by atoms with E-state index < -0.39 is 10.8 Å². The zero-order chi connectivity index (χ0) is 22.9. The lowest BCUT2D eigenvalue weighted by molar-refractivity contribution is -0.384. The second-order valence-corrected chi connectivity index (χ2v) is 8.43. The van der Waals surface area contributed by atoms with Gasteiger partial charge in [0.25, 0.3) is 17.5 Å². The first kappa shape index (κ1) is 20.9. The van der Waals surface area contributed by atoms with Crippen molar-refractivity contribution in [1.29, 1.82) is 0 Å². The normalized spacial score (nSPS) is 13.4. The maximum atomic E-state index is 12.8. The number of thiazole rings is 1. The third-order valence-corrected chi connectivity index (χ3v) is 6.37. The van der Waals surface area contributed by atoms with Crippen molar-refractivity contribution in [3.05, 3.63) is 63.5 Å². The van der Waals surface area contributed by atoms with Gasteiger partial charge in [0.2, 0.25) is 4.96 Å². The van der Waals surface area contributed by atoms with E-state index >= 15 is 0 Å². The van der Waals surface area contributed by atoms with Crippen molar-refractivity contribution in [2.24, 2.45) is 0 Å². The molecule has 3 heterocycles. The summed E-state index contributed by atoms with van der Waals surface area (Å²) in [5, 5.41) is 20.6. The topological polar surface area (TPSA) is 115 Å². The maximum absolute atomic E-state index is 12.8. The SMILES string of the molecule is COc1cccc(-c2csc3nc(NC(=O)c4ccc(N5CCCC5)c([N+](=O)[O-])c4)nn23)c1. The molecule has 1 fully saturated rings. The van der Waals surface area contributed by atoms with Crippen LogP contribution in [0.4, 0.5) is 17.3 Å². The molecule has 0 saturated carbocycles. The van der Waals surface area contributed by atoms with Crippen LogP contribution in [0.3, 0.4) is 0 Å². The number of rotatable bonds is 6. The summed E-state index contributed by atoms with van der Waals surface area (Å²) >= 11 is 1.39. The molecule has 4 aromatic rings. The van der Waals surface area contributed by atoms with E-state index in [0.717, 1.165) is 42.9 Å². The van der Waals surface area contributed by atoms with Crippen LogP contribution in [0.1, 0.15) is 23.2 Å². The van der Waals surface area contributed by atoms with Crippen molar-refractivity contribution in [2.75, 3.05) is 30.4 Å². The summed E-state index contributed by atoms with van der Waals surface area (Å²) in [4.78, 5) is 30.9. The molecule has 0 radical (unpaired) electrons. The average Bonchev–Trinajstić information content (AvgIpc) is 3.56. The Bertz CT molecular complexity index is 1360. The number of hydrogen-bond donors (Lipinski definition) is 1. The molecule has 1 aliphatic rings. The molecule has 168 valence electrons. The van der Waals surface area contributed by atoms with Crippen LogP contribution >= 0.6 is 11.3 Å². The predicted molar refractivity (Wildman–Crippen MR) is 125 cm³/mol. The van der Waals surface area contributed by atoms with Crippen molar-refractivity contribution < 1.29 is 14.5 Å². The molecule has 1 saturated heterocycles. The Labute approximate surface area is 192 Å². The highest BCUT2D eigenvalue weighted by Crippen LogP contribution is 2.32. The minimum Gasteiger partial charge on any atom is -0.497 e. The van der Waals surface area contributed by atoms with Crippen molar-refractivity contribution in [3.8, 4) is 17.0 Å². The van der Waals surface area contributed by atoms with Gasteiger partial charge in [-0.25, -0.2) is 4.52 Å². The summed E-state index contributed by atoms with van der Waals surface area (Å²) in [6.07, 6.45) is 2.00. The number of amides is 1. The van der Waals surface area contributed by atoms with Gasteiger partial charge in [-0.3, -0.25) is 20.2 Å². The fraction of sp³-hybridized carbons (Fsp3) is 0.227. The van der Waals surface area contributed by atoms with E-state index in [2.05, 4.69) is 15.4 Å². The molecule has 10 nitrogen and oxygen atoms in total. The van der Waals surface area contributed by atoms with Crippen LogP contribution in [-0.4, -0.2) is 45.6 Å². The molecular formula is C22H20N6O4S. The van der Waals surface area contributed by atoms with Crippen LogP contribution in [-0.2, 0) is 0 Å². The Balaban J connectivity index is 1.41. The molecule has 0 aliphatic carbocycles. The number of nitro benzene ring substituents is 1. The Hall–Kier alpha value is -3.99. The number of nitrogens with zero attached hydrogens (tertiary/aromatic N) is 5. The molecule has 0 unspecified atom stereocenters. The molecule has 33 heavy (non-hydrogen) atoms. The second-order valence-electron chi connectivity index (χ2n) is 7.59. The van der Waals surface area contributed by atoms with Crippen LogP contribution in [0.15, 0.2) is 47.8 Å². The Morgan fingerprint density at radius 2 is 2.03 bits per heavy atom. The molecule has 1 N–H and O–H groups in total. The van der Waals surface area contributed by atoms with Gasteiger partial charge in [-0.15, -0.1) is 16.4 Å². The summed E-state index contributed by atoms with van der Waals surface area (Å²) in [6.45, 7) is 1.55. The summed E-state index contributed by atoms with van der Waals surface area (Å²) < 4.78 is 6.94. The fourth-order valence-electron chi connectivity index (χ4n) is 3.93. The highest BCUT2D eigenvalue weighted by Gasteiger charge is 2.24. The lowest BCUT2D eigenvalue weighted by Gasteiger charge is -2.17. The van der Waals surface area contributed by atoms with Crippen LogP contribution in [0.5, 0.6) is 5.75 Å². The van der Waals surface area contributed by atoms with Gasteiger partial charge in [0.15, 0.2) is 0 Å². The number of anilines is 2. The third-order valence-electron chi connectivity index (χ3n) is 5.55. The number of ether oxygens (including phenoxy) is 1. The minimum absolute atomic E-state index is 0.0800. The number of carbonyl (C=O) groups is 1.